The zero-order chi connectivity index (χ0) is 12.2. The van der Waals surface area contributed by atoms with Crippen LogP contribution in [0.4, 0.5) is 13.2 Å². The minimum absolute atomic E-state index is 0.0518. The molecule has 0 aromatic heterocycles. The molecule has 0 aromatic carbocycles. The van der Waals surface area contributed by atoms with E-state index in [1.807, 2.05) is 6.92 Å². The molecule has 2 unspecified atom stereocenters. The number of rotatable bonds is 4. The van der Waals surface area contributed by atoms with Crippen LogP contribution in [0.1, 0.15) is 26.2 Å². The van der Waals surface area contributed by atoms with E-state index in [2.05, 4.69) is 10.6 Å². The number of amides is 1. The Morgan fingerprint density at radius 1 is 1.50 bits per heavy atom. The van der Waals surface area contributed by atoms with Gasteiger partial charge in [0, 0.05) is 19.0 Å². The number of alkyl halides is 3. The molecule has 0 bridgehead atoms. The minimum Gasteiger partial charge on any atom is -0.356 e. The Balaban J connectivity index is 2.15. The van der Waals surface area contributed by atoms with E-state index >= 15 is 0 Å². The highest BCUT2D eigenvalue weighted by atomic mass is 19.4. The minimum atomic E-state index is -4.13. The SMILES string of the molecule is CC1NCCC1C(=O)NCCCC(F)(F)F. The molecule has 94 valence electrons. The lowest BCUT2D eigenvalue weighted by Gasteiger charge is -2.15. The standard InChI is InChI=1S/C10H17F3N2O/c1-7-8(3-6-14-7)9(16)15-5-2-4-10(11,12)13/h7-8,14H,2-6H2,1H3,(H,15,16). The zero-order valence-electron chi connectivity index (χ0n) is 9.23. The Kier molecular flexibility index (Phi) is 4.58. The Morgan fingerprint density at radius 2 is 2.19 bits per heavy atom. The molecule has 2 N–H and O–H groups in total. The highest BCUT2D eigenvalue weighted by molar-refractivity contribution is 5.79. The van der Waals surface area contributed by atoms with Crippen molar-refractivity contribution in [3.05, 3.63) is 0 Å². The van der Waals surface area contributed by atoms with E-state index in [0.29, 0.717) is 0 Å². The van der Waals surface area contributed by atoms with Gasteiger partial charge in [-0.3, -0.25) is 4.79 Å². The number of nitrogens with one attached hydrogen (secondary N) is 2. The highest BCUT2D eigenvalue weighted by Crippen LogP contribution is 2.21. The van der Waals surface area contributed by atoms with Crippen LogP contribution in [0.2, 0.25) is 0 Å². The molecule has 1 fully saturated rings. The van der Waals surface area contributed by atoms with Crippen LogP contribution in [0.5, 0.6) is 0 Å². The van der Waals surface area contributed by atoms with E-state index < -0.39 is 12.6 Å². The number of hydrogen-bond acceptors (Lipinski definition) is 2. The van der Waals surface area contributed by atoms with Crippen LogP contribution < -0.4 is 10.6 Å². The lowest BCUT2D eigenvalue weighted by molar-refractivity contribution is -0.136. The Bertz CT molecular complexity index is 243. The van der Waals surface area contributed by atoms with E-state index in [1.165, 1.54) is 0 Å². The van der Waals surface area contributed by atoms with Crippen LogP contribution in [-0.2, 0) is 4.79 Å². The summed E-state index contributed by atoms with van der Waals surface area (Å²) in [5.41, 5.74) is 0. The van der Waals surface area contributed by atoms with Gasteiger partial charge in [-0.1, -0.05) is 0 Å². The van der Waals surface area contributed by atoms with E-state index in [1.54, 1.807) is 0 Å². The molecule has 1 rings (SSSR count). The largest absolute Gasteiger partial charge is 0.389 e. The summed E-state index contributed by atoms with van der Waals surface area (Å²) in [6.45, 7) is 2.80. The molecule has 0 saturated carbocycles. The van der Waals surface area contributed by atoms with E-state index in [0.717, 1.165) is 13.0 Å². The monoisotopic (exact) mass is 238 g/mol. The van der Waals surface area contributed by atoms with Crippen LogP contribution in [0.15, 0.2) is 0 Å². The average molecular weight is 238 g/mol. The topological polar surface area (TPSA) is 41.1 Å². The summed E-state index contributed by atoms with van der Waals surface area (Å²) < 4.78 is 35.5. The Labute approximate surface area is 92.8 Å². The van der Waals surface area contributed by atoms with Gasteiger partial charge in [0.05, 0.1) is 5.92 Å². The molecule has 3 nitrogen and oxygen atoms in total. The van der Waals surface area contributed by atoms with Crippen molar-refractivity contribution in [3.8, 4) is 0 Å². The number of hydrogen-bond donors (Lipinski definition) is 2. The van der Waals surface area contributed by atoms with Crippen molar-refractivity contribution < 1.29 is 18.0 Å². The van der Waals surface area contributed by atoms with Crippen molar-refractivity contribution in [1.29, 1.82) is 0 Å². The van der Waals surface area contributed by atoms with Gasteiger partial charge in [0.15, 0.2) is 0 Å². The second kappa shape index (κ2) is 5.52. The average Bonchev–Trinajstić information content (AvgIpc) is 2.57. The predicted octanol–water partition coefficient (Wildman–Crippen LogP) is 1.44. The van der Waals surface area contributed by atoms with Crippen molar-refractivity contribution in [2.45, 2.75) is 38.4 Å². The quantitative estimate of drug-likeness (QED) is 0.728. The third-order valence-electron chi connectivity index (χ3n) is 2.80. The third kappa shape index (κ3) is 4.38. The summed E-state index contributed by atoms with van der Waals surface area (Å²) in [7, 11) is 0. The fourth-order valence-corrected chi connectivity index (χ4v) is 1.85. The fraction of sp³-hybridized carbons (Fsp3) is 0.900. The first-order chi connectivity index (χ1) is 7.40. The number of halogens is 3. The summed E-state index contributed by atoms with van der Waals surface area (Å²) in [6.07, 6.45) is -4.27. The Hall–Kier alpha value is -0.780. The predicted molar refractivity (Wildman–Crippen MR) is 53.9 cm³/mol. The summed E-state index contributed by atoms with van der Waals surface area (Å²) in [5.74, 6) is -0.245. The van der Waals surface area contributed by atoms with Crippen LogP contribution >= 0.6 is 0 Å². The van der Waals surface area contributed by atoms with Crippen molar-refractivity contribution in [3.63, 3.8) is 0 Å². The maximum absolute atomic E-state index is 11.8. The van der Waals surface area contributed by atoms with E-state index in [4.69, 9.17) is 0 Å². The van der Waals surface area contributed by atoms with E-state index in [-0.39, 0.29) is 30.8 Å². The third-order valence-corrected chi connectivity index (χ3v) is 2.80. The van der Waals surface area contributed by atoms with Gasteiger partial charge in [-0.05, 0) is 26.3 Å². The highest BCUT2D eigenvalue weighted by Gasteiger charge is 2.29. The maximum atomic E-state index is 11.8. The summed E-state index contributed by atoms with van der Waals surface area (Å²) in [5, 5.41) is 5.67. The van der Waals surface area contributed by atoms with Gasteiger partial charge in [-0.25, -0.2) is 0 Å². The summed E-state index contributed by atoms with van der Waals surface area (Å²) in [4.78, 5) is 11.5. The molecular weight excluding hydrogens is 221 g/mol. The molecule has 0 aromatic rings. The lowest BCUT2D eigenvalue weighted by Crippen LogP contribution is -2.37. The molecule has 2 atom stereocenters. The van der Waals surface area contributed by atoms with Crippen molar-refractivity contribution in [2.24, 2.45) is 5.92 Å². The fourth-order valence-electron chi connectivity index (χ4n) is 1.85. The molecule has 1 aliphatic heterocycles. The van der Waals surface area contributed by atoms with Crippen LogP contribution in [0, 0.1) is 5.92 Å². The van der Waals surface area contributed by atoms with E-state index in [9.17, 15) is 18.0 Å². The van der Waals surface area contributed by atoms with Crippen LogP contribution in [0.25, 0.3) is 0 Å². The molecular formula is C10H17F3N2O. The first kappa shape index (κ1) is 13.3. The second-order valence-corrected chi connectivity index (χ2v) is 4.15. The first-order valence-corrected chi connectivity index (χ1v) is 5.48. The smallest absolute Gasteiger partial charge is 0.356 e. The van der Waals surface area contributed by atoms with Crippen molar-refractivity contribution in [1.82, 2.24) is 10.6 Å². The molecule has 0 radical (unpaired) electrons. The van der Waals surface area contributed by atoms with Gasteiger partial charge in [-0.15, -0.1) is 0 Å². The maximum Gasteiger partial charge on any atom is 0.389 e. The van der Waals surface area contributed by atoms with Gasteiger partial charge in [0.1, 0.15) is 0 Å². The molecule has 1 aliphatic rings. The molecule has 0 aliphatic carbocycles. The molecule has 0 spiro atoms. The van der Waals surface area contributed by atoms with Crippen molar-refractivity contribution in [2.75, 3.05) is 13.1 Å². The molecule has 1 saturated heterocycles. The first-order valence-electron chi connectivity index (χ1n) is 5.48. The van der Waals surface area contributed by atoms with Crippen LogP contribution in [0.3, 0.4) is 0 Å². The van der Waals surface area contributed by atoms with Gasteiger partial charge >= 0.3 is 6.18 Å². The Morgan fingerprint density at radius 3 is 2.69 bits per heavy atom. The second-order valence-electron chi connectivity index (χ2n) is 4.15. The molecule has 1 amide bonds. The molecule has 1 heterocycles. The zero-order valence-corrected chi connectivity index (χ0v) is 9.23. The van der Waals surface area contributed by atoms with Gasteiger partial charge in [-0.2, -0.15) is 13.2 Å². The van der Waals surface area contributed by atoms with Gasteiger partial charge in [0.25, 0.3) is 0 Å². The number of carbonyl (C=O) groups excluding carboxylic acids is 1. The van der Waals surface area contributed by atoms with Gasteiger partial charge in [0.2, 0.25) is 5.91 Å². The summed E-state index contributed by atoms with van der Waals surface area (Å²) >= 11 is 0. The van der Waals surface area contributed by atoms with Gasteiger partial charge < -0.3 is 10.6 Å². The van der Waals surface area contributed by atoms with Crippen molar-refractivity contribution >= 4 is 5.91 Å². The molecule has 16 heavy (non-hydrogen) atoms. The van der Waals surface area contributed by atoms with Crippen LogP contribution in [-0.4, -0.2) is 31.2 Å². The summed E-state index contributed by atoms with van der Waals surface area (Å²) in [6, 6.07) is 0.114. The normalized spacial score (nSPS) is 25.8. The molecule has 6 heteroatoms. The lowest BCUT2D eigenvalue weighted by atomic mass is 10.0. The number of carbonyl (C=O) groups is 1.